The zero-order valence-corrected chi connectivity index (χ0v) is 6.35. The molecule has 0 fully saturated rings. The van der Waals surface area contributed by atoms with Crippen LogP contribution in [0.3, 0.4) is 0 Å². The molecule has 0 aliphatic heterocycles. The third kappa shape index (κ3) is 2.89. The molecule has 0 saturated carbocycles. The van der Waals surface area contributed by atoms with Gasteiger partial charge in [-0.15, -0.1) is 0 Å². The van der Waals surface area contributed by atoms with E-state index in [0.29, 0.717) is 0 Å². The Morgan fingerprint density at radius 2 is 1.62 bits per heavy atom. The van der Waals surface area contributed by atoms with Crippen LogP contribution in [0.1, 0.15) is 0 Å². The number of alkyl halides is 3. The van der Waals surface area contributed by atoms with Gasteiger partial charge in [-0.05, 0) is 0 Å². The molecule has 0 heterocycles. The average molecular weight is 222 g/mol. The van der Waals surface area contributed by atoms with Gasteiger partial charge in [0.1, 0.15) is 0 Å². The second kappa shape index (κ2) is 3.20. The first-order chi connectivity index (χ1) is 5.58. The lowest BCUT2D eigenvalue weighted by Crippen LogP contribution is -2.30. The van der Waals surface area contributed by atoms with Crippen molar-refractivity contribution in [2.75, 3.05) is 0 Å². The van der Waals surface area contributed by atoms with Gasteiger partial charge < -0.3 is 9.29 Å². The summed E-state index contributed by atoms with van der Waals surface area (Å²) < 4.78 is 56.7. The summed E-state index contributed by atoms with van der Waals surface area (Å²) >= 11 is 0. The van der Waals surface area contributed by atoms with Crippen LogP contribution < -0.4 is 0 Å². The van der Waals surface area contributed by atoms with Crippen LogP contribution in [0.25, 0.3) is 0 Å². The van der Waals surface area contributed by atoms with Crippen LogP contribution in [-0.4, -0.2) is 31.0 Å². The van der Waals surface area contributed by atoms with Gasteiger partial charge in [0.25, 0.3) is 0 Å². The van der Waals surface area contributed by atoms with Crippen molar-refractivity contribution in [1.29, 1.82) is 0 Å². The third-order valence-electron chi connectivity index (χ3n) is 0.643. The summed E-state index contributed by atoms with van der Waals surface area (Å²) in [6, 6.07) is 0. The van der Waals surface area contributed by atoms with E-state index in [-0.39, 0.29) is 0 Å². The summed E-state index contributed by atoms with van der Waals surface area (Å²) in [7, 11) is -6.17. The quantitative estimate of drug-likeness (QED) is 0.363. The summed E-state index contributed by atoms with van der Waals surface area (Å²) in [5, 5.41) is 7.70. The fourth-order valence-electron chi connectivity index (χ4n) is 0.183. The predicted molar refractivity (Wildman–Crippen MR) is 28.7 cm³/mol. The number of carboxylic acids is 1. The van der Waals surface area contributed by atoms with Crippen molar-refractivity contribution in [1.82, 2.24) is 0 Å². The van der Waals surface area contributed by atoms with E-state index in [4.69, 9.17) is 5.11 Å². The maximum absolute atomic E-state index is 11.4. The van der Waals surface area contributed by atoms with Gasteiger partial charge in [-0.1, -0.05) is 0 Å². The molecule has 0 aromatic rings. The van der Waals surface area contributed by atoms with Gasteiger partial charge in [-0.3, -0.25) is 0 Å². The van der Waals surface area contributed by atoms with Gasteiger partial charge >= 0.3 is 27.6 Å². The van der Waals surface area contributed by atoms with Gasteiger partial charge in [0.15, 0.2) is 0 Å². The van der Waals surface area contributed by atoms with Crippen molar-refractivity contribution >= 4 is 22.1 Å². The van der Waals surface area contributed by atoms with Gasteiger partial charge in [-0.2, -0.15) is 21.6 Å². The summed E-state index contributed by atoms with van der Waals surface area (Å²) in [6.45, 7) is 0. The standard InChI is InChI=1S/C3HF3O6S/c4-3(5,6)13(10,11)12-2(9)1(7)8/h(H,7,8). The molecule has 0 rings (SSSR count). The Labute approximate surface area is 69.0 Å². The van der Waals surface area contributed by atoms with Gasteiger partial charge in [0.2, 0.25) is 0 Å². The summed E-state index contributed by atoms with van der Waals surface area (Å²) in [5.41, 5.74) is -5.82. The number of hydrogen-bond acceptors (Lipinski definition) is 5. The van der Waals surface area contributed by atoms with Crippen LogP contribution in [0.4, 0.5) is 13.2 Å². The number of carbonyl (C=O) groups excluding carboxylic acids is 1. The summed E-state index contributed by atoms with van der Waals surface area (Å²) in [5.74, 6) is -4.95. The van der Waals surface area contributed by atoms with Crippen molar-refractivity contribution in [3.8, 4) is 0 Å². The molecule has 0 spiro atoms. The molecule has 13 heavy (non-hydrogen) atoms. The molecule has 0 radical (unpaired) electrons. The molecule has 0 amide bonds. The lowest BCUT2D eigenvalue weighted by molar-refractivity contribution is -0.158. The Morgan fingerprint density at radius 1 is 1.23 bits per heavy atom. The molecular formula is C3HF3O6S. The first-order valence-corrected chi connectivity index (χ1v) is 3.77. The van der Waals surface area contributed by atoms with E-state index in [2.05, 4.69) is 4.18 Å². The minimum atomic E-state index is -6.17. The van der Waals surface area contributed by atoms with Gasteiger partial charge in [0.05, 0.1) is 0 Å². The number of rotatable bonds is 1. The molecule has 0 aliphatic carbocycles. The van der Waals surface area contributed by atoms with E-state index < -0.39 is 27.6 Å². The predicted octanol–water partition coefficient (Wildman–Crippen LogP) is -0.536. The highest BCUT2D eigenvalue weighted by molar-refractivity contribution is 7.88. The molecule has 0 bridgehead atoms. The van der Waals surface area contributed by atoms with Crippen LogP contribution >= 0.6 is 0 Å². The molecule has 76 valence electrons. The second-order valence-corrected chi connectivity index (χ2v) is 3.11. The van der Waals surface area contributed by atoms with E-state index in [1.807, 2.05) is 0 Å². The van der Waals surface area contributed by atoms with Crippen LogP contribution in [0.15, 0.2) is 0 Å². The lowest BCUT2D eigenvalue weighted by Gasteiger charge is -2.05. The van der Waals surface area contributed by atoms with Crippen LogP contribution in [0, 0.1) is 0 Å². The van der Waals surface area contributed by atoms with Crippen molar-refractivity contribution < 1.29 is 40.5 Å². The second-order valence-electron chi connectivity index (χ2n) is 1.58. The molecule has 0 saturated heterocycles. The topological polar surface area (TPSA) is 97.7 Å². The van der Waals surface area contributed by atoms with Crippen molar-refractivity contribution in [3.05, 3.63) is 0 Å². The minimum Gasteiger partial charge on any atom is -0.473 e. The normalized spacial score (nSPS) is 12.2. The van der Waals surface area contributed by atoms with E-state index >= 15 is 0 Å². The summed E-state index contributed by atoms with van der Waals surface area (Å²) in [4.78, 5) is 19.5. The number of halogens is 3. The average Bonchev–Trinajstić information content (AvgIpc) is 1.83. The van der Waals surface area contributed by atoms with Crippen LogP contribution in [-0.2, 0) is 23.9 Å². The Balaban J connectivity index is 4.75. The largest absolute Gasteiger partial charge is 0.534 e. The van der Waals surface area contributed by atoms with Crippen molar-refractivity contribution in [3.63, 3.8) is 0 Å². The maximum Gasteiger partial charge on any atom is 0.534 e. The highest BCUT2D eigenvalue weighted by Gasteiger charge is 2.50. The van der Waals surface area contributed by atoms with Crippen LogP contribution in [0.2, 0.25) is 0 Å². The van der Waals surface area contributed by atoms with E-state index in [1.165, 1.54) is 0 Å². The minimum absolute atomic E-state index is 2.44. The lowest BCUT2D eigenvalue weighted by atomic mass is 10.7. The fraction of sp³-hybridized carbons (Fsp3) is 0.333. The maximum atomic E-state index is 11.4. The molecule has 0 aromatic carbocycles. The monoisotopic (exact) mass is 222 g/mol. The van der Waals surface area contributed by atoms with E-state index in [1.54, 1.807) is 0 Å². The molecule has 10 heteroatoms. The Kier molecular flexibility index (Phi) is 2.88. The van der Waals surface area contributed by atoms with Crippen LogP contribution in [0.5, 0.6) is 0 Å². The fourth-order valence-corrected chi connectivity index (χ4v) is 0.548. The zero-order chi connectivity index (χ0) is 10.9. The highest BCUT2D eigenvalue weighted by atomic mass is 32.2. The van der Waals surface area contributed by atoms with E-state index in [0.717, 1.165) is 0 Å². The molecule has 0 aromatic heterocycles. The Bertz CT molecular complexity index is 326. The molecule has 6 nitrogen and oxygen atoms in total. The van der Waals surface area contributed by atoms with Gasteiger partial charge in [0, 0.05) is 0 Å². The first kappa shape index (κ1) is 11.7. The molecular weight excluding hydrogens is 221 g/mol. The van der Waals surface area contributed by atoms with Crippen molar-refractivity contribution in [2.45, 2.75) is 5.51 Å². The highest BCUT2D eigenvalue weighted by Crippen LogP contribution is 2.24. The third-order valence-corrected chi connectivity index (χ3v) is 1.58. The Morgan fingerprint density at radius 3 is 1.85 bits per heavy atom. The number of carbonyl (C=O) groups is 2. The molecule has 1 N–H and O–H groups in total. The summed E-state index contributed by atoms with van der Waals surface area (Å²) in [6.07, 6.45) is 0. The Hall–Kier alpha value is -1.32. The molecule has 0 unspecified atom stereocenters. The molecule has 0 aliphatic rings. The SMILES string of the molecule is O=C(O)C(=O)OS(=O)(=O)C(F)(F)F. The molecule has 0 atom stereocenters. The number of hydrogen-bond donors (Lipinski definition) is 1. The number of carboxylic acid groups (broad SMARTS) is 1. The smallest absolute Gasteiger partial charge is 0.473 e. The van der Waals surface area contributed by atoms with Gasteiger partial charge in [-0.25, -0.2) is 9.59 Å². The zero-order valence-electron chi connectivity index (χ0n) is 5.53. The van der Waals surface area contributed by atoms with E-state index in [9.17, 15) is 31.2 Å². The first-order valence-electron chi connectivity index (χ1n) is 2.36. The number of aliphatic carboxylic acids is 1. The van der Waals surface area contributed by atoms with Crippen molar-refractivity contribution in [2.24, 2.45) is 0 Å².